The molecule has 0 aliphatic rings. The molecule has 0 heterocycles. The first-order valence-electron chi connectivity index (χ1n) is 7.95. The number of halogens is 1. The van der Waals surface area contributed by atoms with Gasteiger partial charge in [0.1, 0.15) is 5.75 Å². The van der Waals surface area contributed by atoms with E-state index in [0.717, 1.165) is 5.56 Å². The van der Waals surface area contributed by atoms with Crippen molar-refractivity contribution in [2.75, 3.05) is 6.61 Å². The Morgan fingerprint density at radius 3 is 2.44 bits per heavy atom. The van der Waals surface area contributed by atoms with Crippen LogP contribution in [0, 0.1) is 5.92 Å². The van der Waals surface area contributed by atoms with E-state index < -0.39 is 5.91 Å². The van der Waals surface area contributed by atoms with Gasteiger partial charge in [-0.1, -0.05) is 55.8 Å². The molecule has 0 aromatic heterocycles. The van der Waals surface area contributed by atoms with E-state index >= 15 is 0 Å². The Labute approximate surface area is 152 Å². The largest absolute Gasteiger partial charge is 0.483 e. The van der Waals surface area contributed by atoms with Gasteiger partial charge in [0.2, 0.25) is 0 Å². The van der Waals surface area contributed by atoms with Crippen molar-refractivity contribution >= 4 is 23.4 Å². The van der Waals surface area contributed by atoms with Crippen LogP contribution in [-0.2, 0) is 4.79 Å². The Hall–Kier alpha value is -2.53. The van der Waals surface area contributed by atoms with Crippen molar-refractivity contribution in [3.05, 3.63) is 64.7 Å². The minimum Gasteiger partial charge on any atom is -0.483 e. The van der Waals surface area contributed by atoms with Gasteiger partial charge in [0, 0.05) is 5.02 Å². The van der Waals surface area contributed by atoms with Crippen LogP contribution in [0.25, 0.3) is 0 Å². The van der Waals surface area contributed by atoms with E-state index in [9.17, 15) is 9.59 Å². The van der Waals surface area contributed by atoms with Gasteiger partial charge in [0.05, 0.1) is 11.6 Å². The van der Waals surface area contributed by atoms with E-state index in [0.29, 0.717) is 5.02 Å². The van der Waals surface area contributed by atoms with Crippen LogP contribution in [0.4, 0.5) is 0 Å². The molecular weight excluding hydrogens is 340 g/mol. The van der Waals surface area contributed by atoms with Crippen molar-refractivity contribution in [1.29, 1.82) is 0 Å². The van der Waals surface area contributed by atoms with Gasteiger partial charge in [-0.15, -0.1) is 0 Å². The highest BCUT2D eigenvalue weighted by Crippen LogP contribution is 2.23. The smallest absolute Gasteiger partial charge is 0.258 e. The molecule has 0 fully saturated rings. The van der Waals surface area contributed by atoms with Crippen molar-refractivity contribution in [1.82, 2.24) is 5.32 Å². The highest BCUT2D eigenvalue weighted by Gasteiger charge is 2.19. The Morgan fingerprint density at radius 2 is 1.84 bits per heavy atom. The minimum absolute atomic E-state index is 0.127. The van der Waals surface area contributed by atoms with E-state index in [4.69, 9.17) is 22.1 Å². The van der Waals surface area contributed by atoms with Crippen LogP contribution in [0.1, 0.15) is 35.8 Å². The lowest BCUT2D eigenvalue weighted by atomic mass is 9.96. The summed E-state index contributed by atoms with van der Waals surface area (Å²) >= 11 is 5.85. The maximum absolute atomic E-state index is 12.3. The van der Waals surface area contributed by atoms with E-state index in [1.807, 2.05) is 44.2 Å². The average Bonchev–Trinajstić information content (AvgIpc) is 2.59. The van der Waals surface area contributed by atoms with Crippen LogP contribution in [-0.4, -0.2) is 18.4 Å². The van der Waals surface area contributed by atoms with Gasteiger partial charge < -0.3 is 15.8 Å². The number of ether oxygens (including phenoxy) is 1. The van der Waals surface area contributed by atoms with Gasteiger partial charge in [0.15, 0.2) is 6.61 Å². The Kier molecular flexibility index (Phi) is 6.42. The summed E-state index contributed by atoms with van der Waals surface area (Å²) in [5.74, 6) is -0.508. The molecule has 1 atom stereocenters. The molecule has 0 bridgehead atoms. The minimum atomic E-state index is -0.665. The Balaban J connectivity index is 2.04. The Bertz CT molecular complexity index is 748. The standard InChI is InChI=1S/C19H21ClN2O3/c1-12(2)18(13-6-4-3-5-7-13)22-17(23)11-25-16-9-8-14(20)10-15(16)19(21)24/h3-10,12,18H,11H2,1-2H3,(H2,21,24)(H,22,23). The molecule has 25 heavy (non-hydrogen) atoms. The van der Waals surface area contributed by atoms with E-state index in [1.165, 1.54) is 12.1 Å². The predicted octanol–water partition coefficient (Wildman–Crippen LogP) is 3.33. The molecule has 0 spiro atoms. The third-order valence-electron chi connectivity index (χ3n) is 3.71. The molecule has 0 aliphatic heterocycles. The van der Waals surface area contributed by atoms with Gasteiger partial charge >= 0.3 is 0 Å². The summed E-state index contributed by atoms with van der Waals surface area (Å²) in [6.07, 6.45) is 0. The monoisotopic (exact) mass is 360 g/mol. The summed E-state index contributed by atoms with van der Waals surface area (Å²) in [5.41, 5.74) is 6.47. The van der Waals surface area contributed by atoms with Gasteiger partial charge in [-0.25, -0.2) is 0 Å². The zero-order valence-corrected chi connectivity index (χ0v) is 14.9. The molecule has 3 N–H and O–H groups in total. The number of nitrogens with one attached hydrogen (secondary N) is 1. The van der Waals surface area contributed by atoms with Gasteiger partial charge in [-0.3, -0.25) is 9.59 Å². The summed E-state index contributed by atoms with van der Waals surface area (Å²) in [5, 5.41) is 3.33. The van der Waals surface area contributed by atoms with Crippen molar-refractivity contribution in [2.24, 2.45) is 11.7 Å². The number of carbonyl (C=O) groups is 2. The lowest BCUT2D eigenvalue weighted by Gasteiger charge is -2.23. The lowest BCUT2D eigenvalue weighted by Crippen LogP contribution is -2.35. The topological polar surface area (TPSA) is 81.4 Å². The van der Waals surface area contributed by atoms with Crippen molar-refractivity contribution in [3.63, 3.8) is 0 Å². The molecular formula is C19H21ClN2O3. The fourth-order valence-corrected chi connectivity index (χ4v) is 2.65. The number of hydrogen-bond donors (Lipinski definition) is 2. The van der Waals surface area contributed by atoms with Crippen molar-refractivity contribution in [2.45, 2.75) is 19.9 Å². The molecule has 0 saturated carbocycles. The summed E-state index contributed by atoms with van der Waals surface area (Å²) in [7, 11) is 0. The third-order valence-corrected chi connectivity index (χ3v) is 3.94. The second-order valence-corrected chi connectivity index (χ2v) is 6.43. The SMILES string of the molecule is CC(C)C(NC(=O)COc1ccc(Cl)cc1C(N)=O)c1ccccc1. The van der Waals surface area contributed by atoms with Gasteiger partial charge in [-0.2, -0.15) is 0 Å². The van der Waals surface area contributed by atoms with Crippen LogP contribution in [0.3, 0.4) is 0 Å². The first-order chi connectivity index (χ1) is 11.9. The lowest BCUT2D eigenvalue weighted by molar-refractivity contribution is -0.124. The fourth-order valence-electron chi connectivity index (χ4n) is 2.47. The molecule has 0 radical (unpaired) electrons. The van der Waals surface area contributed by atoms with Crippen LogP contribution in [0.15, 0.2) is 48.5 Å². The highest BCUT2D eigenvalue weighted by molar-refractivity contribution is 6.31. The Morgan fingerprint density at radius 1 is 1.16 bits per heavy atom. The number of nitrogens with two attached hydrogens (primary N) is 1. The predicted molar refractivity (Wildman–Crippen MR) is 97.6 cm³/mol. The van der Waals surface area contributed by atoms with Crippen LogP contribution in [0.2, 0.25) is 5.02 Å². The molecule has 2 amide bonds. The highest BCUT2D eigenvalue weighted by atomic mass is 35.5. The summed E-state index contributed by atoms with van der Waals surface area (Å²) in [4.78, 5) is 23.7. The van der Waals surface area contributed by atoms with E-state index in [-0.39, 0.29) is 35.8 Å². The zero-order valence-electron chi connectivity index (χ0n) is 14.2. The first kappa shape index (κ1) is 18.8. The average molecular weight is 361 g/mol. The molecule has 2 rings (SSSR count). The number of benzene rings is 2. The summed E-state index contributed by atoms with van der Waals surface area (Å²) in [6.45, 7) is 3.84. The van der Waals surface area contributed by atoms with Gasteiger partial charge in [-0.05, 0) is 29.7 Å². The summed E-state index contributed by atoms with van der Waals surface area (Å²) < 4.78 is 5.46. The molecule has 6 heteroatoms. The maximum atomic E-state index is 12.3. The fraction of sp³-hybridized carbons (Fsp3) is 0.263. The third kappa shape index (κ3) is 5.22. The number of amides is 2. The molecule has 5 nitrogen and oxygen atoms in total. The van der Waals surface area contributed by atoms with Gasteiger partial charge in [0.25, 0.3) is 11.8 Å². The molecule has 2 aromatic rings. The van der Waals surface area contributed by atoms with Crippen LogP contribution < -0.4 is 15.8 Å². The second kappa shape index (κ2) is 8.53. The number of hydrogen-bond acceptors (Lipinski definition) is 3. The number of rotatable bonds is 7. The normalized spacial score (nSPS) is 11.8. The number of carbonyl (C=O) groups excluding carboxylic acids is 2. The molecule has 132 valence electrons. The first-order valence-corrected chi connectivity index (χ1v) is 8.32. The van der Waals surface area contributed by atoms with E-state index in [1.54, 1.807) is 6.07 Å². The molecule has 0 saturated heterocycles. The molecule has 2 aromatic carbocycles. The number of primary amides is 1. The molecule has 1 unspecified atom stereocenters. The quantitative estimate of drug-likeness (QED) is 0.794. The van der Waals surface area contributed by atoms with Crippen LogP contribution >= 0.6 is 11.6 Å². The maximum Gasteiger partial charge on any atom is 0.258 e. The van der Waals surface area contributed by atoms with Crippen molar-refractivity contribution in [3.8, 4) is 5.75 Å². The van der Waals surface area contributed by atoms with Crippen molar-refractivity contribution < 1.29 is 14.3 Å². The van der Waals surface area contributed by atoms with E-state index in [2.05, 4.69) is 5.32 Å². The zero-order chi connectivity index (χ0) is 18.4. The van der Waals surface area contributed by atoms with Crippen LogP contribution in [0.5, 0.6) is 5.75 Å². The summed E-state index contributed by atoms with van der Waals surface area (Å²) in [6, 6.07) is 14.1. The molecule has 0 aliphatic carbocycles. The second-order valence-electron chi connectivity index (χ2n) is 5.99.